The van der Waals surface area contributed by atoms with Gasteiger partial charge in [-0.1, -0.05) is 6.07 Å². The van der Waals surface area contributed by atoms with Gasteiger partial charge in [-0.05, 0) is 31.5 Å². The van der Waals surface area contributed by atoms with E-state index in [2.05, 4.69) is 0 Å². The summed E-state index contributed by atoms with van der Waals surface area (Å²) in [6.07, 6.45) is -0.397. The Kier molecular flexibility index (Phi) is 4.17. The molecule has 15 heavy (non-hydrogen) atoms. The topological polar surface area (TPSA) is 35.2 Å². The average Bonchev–Trinajstić information content (AvgIpc) is 2.18. The highest BCUT2D eigenvalue weighted by atomic mass is 19.2. The first-order chi connectivity index (χ1) is 7.04. The van der Waals surface area contributed by atoms with Crippen molar-refractivity contribution in [3.05, 3.63) is 35.4 Å². The molecule has 0 radical (unpaired) electrons. The Morgan fingerprint density at radius 3 is 2.40 bits per heavy atom. The molecule has 2 N–H and O–H groups in total. The van der Waals surface area contributed by atoms with Crippen molar-refractivity contribution in [2.45, 2.75) is 26.1 Å². The van der Waals surface area contributed by atoms with E-state index in [0.29, 0.717) is 5.56 Å². The van der Waals surface area contributed by atoms with Crippen molar-refractivity contribution in [3.63, 3.8) is 0 Å². The lowest BCUT2D eigenvalue weighted by atomic mass is 10.1. The summed E-state index contributed by atoms with van der Waals surface area (Å²) >= 11 is 0. The van der Waals surface area contributed by atoms with Gasteiger partial charge in [-0.3, -0.25) is 0 Å². The van der Waals surface area contributed by atoms with Crippen LogP contribution in [0.2, 0.25) is 0 Å². The van der Waals surface area contributed by atoms with Crippen molar-refractivity contribution in [3.8, 4) is 0 Å². The quantitative estimate of drug-likeness (QED) is 0.837. The molecule has 4 heteroatoms. The van der Waals surface area contributed by atoms with Crippen LogP contribution in [0.1, 0.15) is 25.5 Å². The van der Waals surface area contributed by atoms with E-state index in [9.17, 15) is 8.78 Å². The summed E-state index contributed by atoms with van der Waals surface area (Å²) in [4.78, 5) is 0. The Labute approximate surface area is 88.0 Å². The minimum Gasteiger partial charge on any atom is -0.370 e. The van der Waals surface area contributed by atoms with Crippen LogP contribution in [0.3, 0.4) is 0 Å². The fourth-order valence-electron chi connectivity index (χ4n) is 1.31. The largest absolute Gasteiger partial charge is 0.370 e. The van der Waals surface area contributed by atoms with Gasteiger partial charge in [-0.15, -0.1) is 0 Å². The Bertz CT molecular complexity index is 328. The molecule has 1 unspecified atom stereocenters. The number of nitrogens with two attached hydrogens (primary N) is 1. The summed E-state index contributed by atoms with van der Waals surface area (Å²) < 4.78 is 31.1. The second-order valence-electron chi connectivity index (χ2n) is 3.58. The molecule has 0 heterocycles. The molecule has 2 nitrogen and oxygen atoms in total. The highest BCUT2D eigenvalue weighted by Gasteiger charge is 2.14. The first-order valence-corrected chi connectivity index (χ1v) is 4.85. The van der Waals surface area contributed by atoms with Crippen molar-refractivity contribution in [1.29, 1.82) is 0 Å². The van der Waals surface area contributed by atoms with E-state index in [1.165, 1.54) is 6.07 Å². The fourth-order valence-corrected chi connectivity index (χ4v) is 1.31. The monoisotopic (exact) mass is 215 g/mol. The first kappa shape index (κ1) is 12.1. The fraction of sp³-hybridized carbons (Fsp3) is 0.455. The summed E-state index contributed by atoms with van der Waals surface area (Å²) in [7, 11) is 0. The molecule has 0 saturated carbocycles. The van der Waals surface area contributed by atoms with Crippen molar-refractivity contribution < 1.29 is 13.5 Å². The van der Waals surface area contributed by atoms with E-state index in [1.807, 2.05) is 13.8 Å². The third-order valence-electron chi connectivity index (χ3n) is 1.97. The number of benzene rings is 1. The normalized spacial score (nSPS) is 13.2. The third kappa shape index (κ3) is 3.25. The predicted molar refractivity (Wildman–Crippen MR) is 54.4 cm³/mol. The molecule has 0 aliphatic carbocycles. The van der Waals surface area contributed by atoms with E-state index >= 15 is 0 Å². The summed E-state index contributed by atoms with van der Waals surface area (Å²) in [5, 5.41) is 0. The maximum absolute atomic E-state index is 12.9. The Hall–Kier alpha value is -1.00. The number of ether oxygens (including phenoxy) is 1. The minimum atomic E-state index is -0.877. The molecule has 1 aromatic carbocycles. The Morgan fingerprint density at radius 1 is 1.27 bits per heavy atom. The van der Waals surface area contributed by atoms with Crippen LogP contribution in [-0.4, -0.2) is 12.6 Å². The summed E-state index contributed by atoms with van der Waals surface area (Å²) in [5.41, 5.74) is 6.06. The Balaban J connectivity index is 2.87. The van der Waals surface area contributed by atoms with Crippen LogP contribution in [0.5, 0.6) is 0 Å². The molecule has 0 bridgehead atoms. The second-order valence-corrected chi connectivity index (χ2v) is 3.58. The molecule has 0 aliphatic heterocycles. The summed E-state index contributed by atoms with van der Waals surface area (Å²) in [6, 6.07) is 3.69. The molecule has 0 aromatic heterocycles. The van der Waals surface area contributed by atoms with E-state index < -0.39 is 11.6 Å². The van der Waals surface area contributed by atoms with Crippen molar-refractivity contribution in [2.24, 2.45) is 5.73 Å². The molecule has 0 fully saturated rings. The average molecular weight is 215 g/mol. The van der Waals surface area contributed by atoms with E-state index in [4.69, 9.17) is 10.5 Å². The molecule has 84 valence electrons. The van der Waals surface area contributed by atoms with Gasteiger partial charge in [-0.2, -0.15) is 0 Å². The van der Waals surface area contributed by atoms with Crippen molar-refractivity contribution >= 4 is 0 Å². The lowest BCUT2D eigenvalue weighted by molar-refractivity contribution is 0.0117. The zero-order valence-electron chi connectivity index (χ0n) is 8.84. The van der Waals surface area contributed by atoms with Gasteiger partial charge in [0.05, 0.1) is 12.2 Å². The van der Waals surface area contributed by atoms with Gasteiger partial charge in [0, 0.05) is 6.54 Å². The lowest BCUT2D eigenvalue weighted by Crippen LogP contribution is -2.19. The number of halogens is 2. The number of rotatable bonds is 4. The van der Waals surface area contributed by atoms with Gasteiger partial charge in [0.25, 0.3) is 0 Å². The number of hydrogen-bond acceptors (Lipinski definition) is 2. The van der Waals surface area contributed by atoms with Crippen molar-refractivity contribution in [1.82, 2.24) is 0 Å². The molecular weight excluding hydrogens is 200 g/mol. The molecular formula is C11H15F2NO. The maximum Gasteiger partial charge on any atom is 0.159 e. The molecule has 0 spiro atoms. The lowest BCUT2D eigenvalue weighted by Gasteiger charge is -2.19. The van der Waals surface area contributed by atoms with Crippen LogP contribution in [-0.2, 0) is 4.74 Å². The zero-order chi connectivity index (χ0) is 11.4. The van der Waals surface area contributed by atoms with Gasteiger partial charge >= 0.3 is 0 Å². The highest BCUT2D eigenvalue weighted by Crippen LogP contribution is 2.20. The summed E-state index contributed by atoms with van der Waals surface area (Å²) in [5.74, 6) is -1.74. The predicted octanol–water partition coefficient (Wildman–Crippen LogP) is 2.39. The van der Waals surface area contributed by atoms with Crippen LogP contribution in [0.15, 0.2) is 18.2 Å². The first-order valence-electron chi connectivity index (χ1n) is 4.85. The van der Waals surface area contributed by atoms with Gasteiger partial charge < -0.3 is 10.5 Å². The molecule has 0 saturated heterocycles. The van der Waals surface area contributed by atoms with Crippen LogP contribution >= 0.6 is 0 Å². The second kappa shape index (κ2) is 5.19. The van der Waals surface area contributed by atoms with Crippen LogP contribution in [0.25, 0.3) is 0 Å². The van der Waals surface area contributed by atoms with E-state index in [-0.39, 0.29) is 18.8 Å². The smallest absolute Gasteiger partial charge is 0.159 e. The minimum absolute atomic E-state index is 0.00772. The van der Waals surface area contributed by atoms with Gasteiger partial charge in [0.2, 0.25) is 0 Å². The molecule has 1 aromatic rings. The standard InChI is InChI=1S/C11H15F2NO/c1-7(2)15-11(6-14)8-3-4-9(12)10(13)5-8/h3-5,7,11H,6,14H2,1-2H3. The number of hydrogen-bond donors (Lipinski definition) is 1. The van der Waals surface area contributed by atoms with Crippen LogP contribution in [0.4, 0.5) is 8.78 Å². The van der Waals surface area contributed by atoms with E-state index in [0.717, 1.165) is 12.1 Å². The van der Waals surface area contributed by atoms with Gasteiger partial charge in [0.1, 0.15) is 0 Å². The maximum atomic E-state index is 12.9. The van der Waals surface area contributed by atoms with Crippen LogP contribution < -0.4 is 5.73 Å². The van der Waals surface area contributed by atoms with Gasteiger partial charge in [0.15, 0.2) is 11.6 Å². The molecule has 1 atom stereocenters. The highest BCUT2D eigenvalue weighted by molar-refractivity contribution is 5.20. The summed E-state index contributed by atoms with van der Waals surface area (Å²) in [6.45, 7) is 3.97. The molecule has 1 rings (SSSR count). The van der Waals surface area contributed by atoms with Gasteiger partial charge in [-0.25, -0.2) is 8.78 Å². The van der Waals surface area contributed by atoms with Crippen LogP contribution in [0, 0.1) is 11.6 Å². The Morgan fingerprint density at radius 2 is 1.93 bits per heavy atom. The SMILES string of the molecule is CC(C)OC(CN)c1ccc(F)c(F)c1. The van der Waals surface area contributed by atoms with Crippen molar-refractivity contribution in [2.75, 3.05) is 6.54 Å². The third-order valence-corrected chi connectivity index (χ3v) is 1.97. The zero-order valence-corrected chi connectivity index (χ0v) is 8.84. The molecule has 0 aliphatic rings. The molecule has 0 amide bonds. The van der Waals surface area contributed by atoms with E-state index in [1.54, 1.807) is 0 Å².